The van der Waals surface area contributed by atoms with Gasteiger partial charge in [-0.15, -0.1) is 10.2 Å². The van der Waals surface area contributed by atoms with Gasteiger partial charge in [-0.25, -0.2) is 4.98 Å². The second-order valence-electron chi connectivity index (χ2n) is 6.08. The molecule has 0 bridgehead atoms. The maximum Gasteiger partial charge on any atom is 0.205 e. The molecule has 4 aromatic rings. The van der Waals surface area contributed by atoms with Crippen LogP contribution in [0.4, 0.5) is 0 Å². The van der Waals surface area contributed by atoms with E-state index in [0.29, 0.717) is 11.6 Å². The highest BCUT2D eigenvalue weighted by Crippen LogP contribution is 2.25. The lowest BCUT2D eigenvalue weighted by Crippen LogP contribution is -2.04. The normalized spacial score (nSPS) is 11.0. The molecule has 0 aliphatic heterocycles. The minimum absolute atomic E-state index is 0.621. The topological polar surface area (TPSA) is 56.7 Å². The number of rotatable bonds is 7. The molecule has 27 heavy (non-hydrogen) atoms. The molecular weight excluding hydrogens is 356 g/mol. The Balaban J connectivity index is 1.45. The summed E-state index contributed by atoms with van der Waals surface area (Å²) in [6, 6.07) is 20.3. The molecule has 0 fully saturated rings. The first-order valence-electron chi connectivity index (χ1n) is 8.92. The van der Waals surface area contributed by atoms with Crippen LogP contribution < -0.4 is 0 Å². The molecule has 0 spiro atoms. The van der Waals surface area contributed by atoms with Crippen molar-refractivity contribution in [2.75, 3.05) is 0 Å². The van der Waals surface area contributed by atoms with Crippen molar-refractivity contribution in [1.82, 2.24) is 19.7 Å². The Bertz CT molecular complexity index is 995. The van der Waals surface area contributed by atoms with Gasteiger partial charge in [-0.05, 0) is 12.5 Å². The Labute approximate surface area is 162 Å². The molecule has 2 aromatic heterocycles. The minimum atomic E-state index is 0.621. The maximum atomic E-state index is 5.88. The van der Waals surface area contributed by atoms with Crippen LogP contribution in [0.2, 0.25) is 0 Å². The van der Waals surface area contributed by atoms with E-state index < -0.39 is 0 Å². The molecule has 0 saturated carbocycles. The SMILES string of the molecule is CCn1c(Cc2ccccc2)nnc1SCc1ncc(-c2ccccc2)o1. The van der Waals surface area contributed by atoms with Crippen molar-refractivity contribution in [1.29, 1.82) is 0 Å². The summed E-state index contributed by atoms with van der Waals surface area (Å²) in [6.07, 6.45) is 2.55. The Morgan fingerprint density at radius 3 is 2.44 bits per heavy atom. The monoisotopic (exact) mass is 376 g/mol. The fraction of sp³-hybridized carbons (Fsp3) is 0.190. The number of hydrogen-bond donors (Lipinski definition) is 0. The quantitative estimate of drug-likeness (QED) is 0.432. The van der Waals surface area contributed by atoms with E-state index in [1.54, 1.807) is 18.0 Å². The lowest BCUT2D eigenvalue weighted by atomic mass is 10.1. The van der Waals surface area contributed by atoms with Gasteiger partial charge in [0.2, 0.25) is 5.89 Å². The fourth-order valence-electron chi connectivity index (χ4n) is 2.89. The maximum absolute atomic E-state index is 5.88. The number of aromatic nitrogens is 4. The van der Waals surface area contributed by atoms with Crippen LogP contribution in [0.3, 0.4) is 0 Å². The number of oxazole rings is 1. The summed E-state index contributed by atoms with van der Waals surface area (Å²) in [6.45, 7) is 2.94. The molecule has 0 saturated heterocycles. The molecule has 0 aliphatic carbocycles. The zero-order valence-electron chi connectivity index (χ0n) is 15.1. The first-order chi connectivity index (χ1) is 13.3. The van der Waals surface area contributed by atoms with Gasteiger partial charge in [0.25, 0.3) is 0 Å². The van der Waals surface area contributed by atoms with Gasteiger partial charge >= 0.3 is 0 Å². The van der Waals surface area contributed by atoms with Crippen molar-refractivity contribution in [2.24, 2.45) is 0 Å². The molecule has 0 N–H and O–H groups in total. The predicted octanol–water partition coefficient (Wildman–Crippen LogP) is 4.84. The summed E-state index contributed by atoms with van der Waals surface area (Å²) in [5, 5.41) is 9.65. The smallest absolute Gasteiger partial charge is 0.205 e. The second-order valence-corrected chi connectivity index (χ2v) is 7.02. The van der Waals surface area contributed by atoms with Crippen molar-refractivity contribution in [3.05, 3.63) is 84.1 Å². The third kappa shape index (κ3) is 4.11. The summed E-state index contributed by atoms with van der Waals surface area (Å²) in [4.78, 5) is 4.39. The van der Waals surface area contributed by atoms with Crippen LogP contribution in [0, 0.1) is 0 Å². The first-order valence-corrected chi connectivity index (χ1v) is 9.91. The zero-order valence-corrected chi connectivity index (χ0v) is 15.9. The van der Waals surface area contributed by atoms with Gasteiger partial charge in [-0.3, -0.25) is 0 Å². The predicted molar refractivity (Wildman–Crippen MR) is 106 cm³/mol. The van der Waals surface area contributed by atoms with Crippen molar-refractivity contribution in [3.63, 3.8) is 0 Å². The summed E-state index contributed by atoms with van der Waals surface area (Å²) < 4.78 is 8.03. The molecule has 0 amide bonds. The van der Waals surface area contributed by atoms with E-state index in [-0.39, 0.29) is 0 Å². The molecule has 136 valence electrons. The molecule has 0 unspecified atom stereocenters. The Kier molecular flexibility index (Phi) is 5.34. The highest BCUT2D eigenvalue weighted by molar-refractivity contribution is 7.98. The third-order valence-electron chi connectivity index (χ3n) is 4.25. The lowest BCUT2D eigenvalue weighted by molar-refractivity contribution is 0.529. The molecule has 2 aromatic carbocycles. The number of hydrogen-bond acceptors (Lipinski definition) is 5. The average Bonchev–Trinajstić information content (AvgIpc) is 3.34. The van der Waals surface area contributed by atoms with Crippen molar-refractivity contribution in [3.8, 4) is 11.3 Å². The van der Waals surface area contributed by atoms with E-state index in [1.165, 1.54) is 5.56 Å². The Morgan fingerprint density at radius 1 is 0.963 bits per heavy atom. The zero-order chi connectivity index (χ0) is 18.5. The van der Waals surface area contributed by atoms with Gasteiger partial charge in [-0.2, -0.15) is 0 Å². The molecule has 0 aliphatic rings. The van der Waals surface area contributed by atoms with E-state index in [2.05, 4.69) is 38.8 Å². The van der Waals surface area contributed by atoms with Gasteiger partial charge in [0.15, 0.2) is 10.9 Å². The third-order valence-corrected chi connectivity index (χ3v) is 5.20. The Morgan fingerprint density at radius 2 is 1.70 bits per heavy atom. The number of thioether (sulfide) groups is 1. The Hall–Kier alpha value is -2.86. The molecular formula is C21H20N4OS. The van der Waals surface area contributed by atoms with Crippen LogP contribution in [0.1, 0.15) is 24.2 Å². The van der Waals surface area contributed by atoms with Crippen LogP contribution in [-0.2, 0) is 18.7 Å². The molecule has 4 rings (SSSR count). The van der Waals surface area contributed by atoms with Crippen molar-refractivity contribution in [2.45, 2.75) is 30.8 Å². The standard InChI is InChI=1S/C21H20N4OS/c1-2-25-19(13-16-9-5-3-6-10-16)23-24-21(25)27-15-20-22-14-18(26-20)17-11-7-4-8-12-17/h3-12,14H,2,13,15H2,1H3. The summed E-state index contributed by atoms with van der Waals surface area (Å²) >= 11 is 1.60. The minimum Gasteiger partial charge on any atom is -0.440 e. The largest absolute Gasteiger partial charge is 0.440 e. The molecule has 6 heteroatoms. The highest BCUT2D eigenvalue weighted by Gasteiger charge is 2.14. The van der Waals surface area contributed by atoms with Gasteiger partial charge in [-0.1, -0.05) is 72.4 Å². The number of nitrogens with zero attached hydrogens (tertiary/aromatic N) is 4. The van der Waals surface area contributed by atoms with Gasteiger partial charge in [0, 0.05) is 18.5 Å². The van der Waals surface area contributed by atoms with Gasteiger partial charge in [0.05, 0.1) is 11.9 Å². The van der Waals surface area contributed by atoms with Crippen molar-refractivity contribution < 1.29 is 4.42 Å². The lowest BCUT2D eigenvalue weighted by Gasteiger charge is -2.06. The van der Waals surface area contributed by atoms with Crippen molar-refractivity contribution >= 4 is 11.8 Å². The first kappa shape index (κ1) is 17.5. The second kappa shape index (κ2) is 8.22. The molecule has 0 atom stereocenters. The fourth-order valence-corrected chi connectivity index (χ4v) is 3.77. The van der Waals surface area contributed by atoms with Crippen LogP contribution in [-0.4, -0.2) is 19.7 Å². The van der Waals surface area contributed by atoms with E-state index in [0.717, 1.165) is 35.3 Å². The van der Waals surface area contributed by atoms with E-state index in [1.807, 2.05) is 48.5 Å². The number of benzene rings is 2. The van der Waals surface area contributed by atoms with Crippen LogP contribution in [0.25, 0.3) is 11.3 Å². The summed E-state index contributed by atoms with van der Waals surface area (Å²) in [7, 11) is 0. The van der Waals surface area contributed by atoms with E-state index in [4.69, 9.17) is 4.42 Å². The van der Waals surface area contributed by atoms with Crippen LogP contribution in [0.5, 0.6) is 0 Å². The highest BCUT2D eigenvalue weighted by atomic mass is 32.2. The molecule has 0 radical (unpaired) electrons. The average molecular weight is 376 g/mol. The van der Waals surface area contributed by atoms with Crippen LogP contribution >= 0.6 is 11.8 Å². The summed E-state index contributed by atoms with van der Waals surface area (Å²) in [5.41, 5.74) is 2.26. The van der Waals surface area contributed by atoms with E-state index in [9.17, 15) is 0 Å². The van der Waals surface area contributed by atoms with Gasteiger partial charge < -0.3 is 8.98 Å². The molecule has 2 heterocycles. The summed E-state index contributed by atoms with van der Waals surface area (Å²) in [5.74, 6) is 3.07. The molecule has 5 nitrogen and oxygen atoms in total. The van der Waals surface area contributed by atoms with Crippen LogP contribution in [0.15, 0.2) is 76.4 Å². The van der Waals surface area contributed by atoms with E-state index >= 15 is 0 Å². The van der Waals surface area contributed by atoms with Gasteiger partial charge in [0.1, 0.15) is 5.82 Å².